The lowest BCUT2D eigenvalue weighted by atomic mass is 9.91. The molecule has 1 heterocycles. The third-order valence-corrected chi connectivity index (χ3v) is 2.93. The highest BCUT2D eigenvalue weighted by Gasteiger charge is 2.20. The number of aromatic nitrogens is 1. The first kappa shape index (κ1) is 12.3. The molecule has 1 atom stereocenters. The summed E-state index contributed by atoms with van der Waals surface area (Å²) in [5.74, 6) is -1.30. The van der Waals surface area contributed by atoms with Crippen LogP contribution in [0.1, 0.15) is 22.6 Å². The van der Waals surface area contributed by atoms with E-state index < -0.39 is 11.9 Å². The molecule has 1 aromatic carbocycles. The van der Waals surface area contributed by atoms with Gasteiger partial charge in [-0.15, -0.1) is 0 Å². The van der Waals surface area contributed by atoms with Gasteiger partial charge in [0.05, 0.1) is 5.92 Å². The van der Waals surface area contributed by atoms with E-state index >= 15 is 0 Å². The quantitative estimate of drug-likeness (QED) is 0.895. The van der Waals surface area contributed by atoms with E-state index in [1.165, 1.54) is 0 Å². The first-order valence-electron chi connectivity index (χ1n) is 5.85. The number of rotatable bonds is 4. The van der Waals surface area contributed by atoms with Crippen LogP contribution in [0.3, 0.4) is 0 Å². The standard InChI is InChI=1S/C15H15NO2/c1-11-3-2-4-13(9-11)14(15(17)18)10-12-5-7-16-8-6-12/h2-9,14H,10H2,1H3,(H,17,18). The Bertz CT molecular complexity index is 537. The Labute approximate surface area is 106 Å². The highest BCUT2D eigenvalue weighted by Crippen LogP contribution is 2.22. The molecule has 0 radical (unpaired) electrons. The van der Waals surface area contributed by atoms with E-state index in [0.717, 1.165) is 16.7 Å². The molecule has 1 unspecified atom stereocenters. The molecule has 0 aliphatic rings. The number of hydrogen-bond acceptors (Lipinski definition) is 2. The highest BCUT2D eigenvalue weighted by atomic mass is 16.4. The smallest absolute Gasteiger partial charge is 0.311 e. The van der Waals surface area contributed by atoms with Gasteiger partial charge in [-0.3, -0.25) is 9.78 Å². The zero-order valence-corrected chi connectivity index (χ0v) is 10.2. The van der Waals surface area contributed by atoms with Crippen LogP contribution in [0.4, 0.5) is 0 Å². The van der Waals surface area contributed by atoms with Crippen LogP contribution in [0, 0.1) is 6.92 Å². The van der Waals surface area contributed by atoms with Crippen LogP contribution in [0.25, 0.3) is 0 Å². The summed E-state index contributed by atoms with van der Waals surface area (Å²) in [6.45, 7) is 1.97. The van der Waals surface area contributed by atoms with Crippen LogP contribution in [-0.2, 0) is 11.2 Å². The average Bonchev–Trinajstić information content (AvgIpc) is 2.37. The van der Waals surface area contributed by atoms with Crippen molar-refractivity contribution in [3.05, 3.63) is 65.5 Å². The molecule has 1 aromatic heterocycles. The van der Waals surface area contributed by atoms with Gasteiger partial charge in [0, 0.05) is 12.4 Å². The van der Waals surface area contributed by atoms with Gasteiger partial charge in [0.2, 0.25) is 0 Å². The Kier molecular flexibility index (Phi) is 3.72. The van der Waals surface area contributed by atoms with Gasteiger partial charge in [0.15, 0.2) is 0 Å². The molecule has 0 bridgehead atoms. The molecule has 0 fully saturated rings. The number of benzene rings is 1. The Hall–Kier alpha value is -2.16. The molecular formula is C15H15NO2. The van der Waals surface area contributed by atoms with Crippen LogP contribution < -0.4 is 0 Å². The third kappa shape index (κ3) is 2.94. The first-order valence-corrected chi connectivity index (χ1v) is 5.85. The summed E-state index contributed by atoms with van der Waals surface area (Å²) in [4.78, 5) is 15.3. The van der Waals surface area contributed by atoms with Crippen molar-refractivity contribution in [1.82, 2.24) is 4.98 Å². The number of aliphatic carboxylic acids is 1. The number of carbonyl (C=O) groups is 1. The van der Waals surface area contributed by atoms with Gasteiger partial charge >= 0.3 is 5.97 Å². The lowest BCUT2D eigenvalue weighted by Gasteiger charge is -2.13. The maximum Gasteiger partial charge on any atom is 0.311 e. The summed E-state index contributed by atoms with van der Waals surface area (Å²) in [6, 6.07) is 11.4. The van der Waals surface area contributed by atoms with Gasteiger partial charge in [-0.25, -0.2) is 0 Å². The molecule has 0 saturated carbocycles. The second kappa shape index (κ2) is 5.45. The van der Waals surface area contributed by atoms with Crippen LogP contribution in [0.5, 0.6) is 0 Å². The molecular weight excluding hydrogens is 226 g/mol. The fourth-order valence-electron chi connectivity index (χ4n) is 1.99. The second-order valence-corrected chi connectivity index (χ2v) is 4.36. The fraction of sp³-hybridized carbons (Fsp3) is 0.200. The van der Waals surface area contributed by atoms with Crippen molar-refractivity contribution >= 4 is 5.97 Å². The average molecular weight is 241 g/mol. The summed E-state index contributed by atoms with van der Waals surface area (Å²) in [7, 11) is 0. The Morgan fingerprint density at radius 3 is 2.61 bits per heavy atom. The summed E-state index contributed by atoms with van der Waals surface area (Å²) in [5, 5.41) is 9.36. The van der Waals surface area contributed by atoms with Crippen molar-refractivity contribution in [2.45, 2.75) is 19.3 Å². The van der Waals surface area contributed by atoms with Crippen LogP contribution in [0.2, 0.25) is 0 Å². The number of aryl methyl sites for hydroxylation is 1. The molecule has 18 heavy (non-hydrogen) atoms. The molecule has 92 valence electrons. The van der Waals surface area contributed by atoms with E-state index in [9.17, 15) is 9.90 Å². The van der Waals surface area contributed by atoms with Crippen molar-refractivity contribution in [1.29, 1.82) is 0 Å². The zero-order valence-electron chi connectivity index (χ0n) is 10.2. The molecule has 0 spiro atoms. The number of carboxylic acids is 1. The molecule has 3 heteroatoms. The summed E-state index contributed by atoms with van der Waals surface area (Å²) in [5.41, 5.74) is 2.91. The van der Waals surface area contributed by atoms with Crippen LogP contribution in [0.15, 0.2) is 48.8 Å². The Morgan fingerprint density at radius 1 is 1.28 bits per heavy atom. The zero-order chi connectivity index (χ0) is 13.0. The molecule has 0 amide bonds. The minimum atomic E-state index is -0.794. The number of carboxylic acid groups (broad SMARTS) is 1. The molecule has 3 nitrogen and oxygen atoms in total. The molecule has 0 aliphatic heterocycles. The van der Waals surface area contributed by atoms with Gasteiger partial charge in [0.25, 0.3) is 0 Å². The van der Waals surface area contributed by atoms with Crippen molar-refractivity contribution in [3.8, 4) is 0 Å². The van der Waals surface area contributed by atoms with Gasteiger partial charge in [-0.1, -0.05) is 29.8 Å². The van der Waals surface area contributed by atoms with Crippen molar-refractivity contribution in [2.24, 2.45) is 0 Å². The lowest BCUT2D eigenvalue weighted by Crippen LogP contribution is -2.14. The topological polar surface area (TPSA) is 50.2 Å². The van der Waals surface area contributed by atoms with Gasteiger partial charge in [-0.2, -0.15) is 0 Å². The summed E-state index contributed by atoms with van der Waals surface area (Å²) < 4.78 is 0. The monoisotopic (exact) mass is 241 g/mol. The van der Waals surface area contributed by atoms with Crippen molar-refractivity contribution < 1.29 is 9.90 Å². The van der Waals surface area contributed by atoms with E-state index in [1.54, 1.807) is 12.4 Å². The molecule has 0 saturated heterocycles. The molecule has 1 N–H and O–H groups in total. The van der Waals surface area contributed by atoms with Gasteiger partial charge in [0.1, 0.15) is 0 Å². The van der Waals surface area contributed by atoms with Crippen molar-refractivity contribution in [2.75, 3.05) is 0 Å². The molecule has 0 aliphatic carbocycles. The second-order valence-electron chi connectivity index (χ2n) is 4.36. The summed E-state index contributed by atoms with van der Waals surface area (Å²) >= 11 is 0. The van der Waals surface area contributed by atoms with Gasteiger partial charge in [-0.05, 0) is 36.6 Å². The number of hydrogen-bond donors (Lipinski definition) is 1. The number of pyridine rings is 1. The maximum atomic E-state index is 11.4. The minimum Gasteiger partial charge on any atom is -0.481 e. The fourth-order valence-corrected chi connectivity index (χ4v) is 1.99. The molecule has 2 rings (SSSR count). The summed E-state index contributed by atoms with van der Waals surface area (Å²) in [6.07, 6.45) is 3.86. The van der Waals surface area contributed by atoms with E-state index in [4.69, 9.17) is 0 Å². The van der Waals surface area contributed by atoms with Gasteiger partial charge < -0.3 is 5.11 Å². The van der Waals surface area contributed by atoms with Crippen LogP contribution in [-0.4, -0.2) is 16.1 Å². The molecule has 2 aromatic rings. The maximum absolute atomic E-state index is 11.4. The first-order chi connectivity index (χ1) is 8.66. The van der Waals surface area contributed by atoms with Crippen molar-refractivity contribution in [3.63, 3.8) is 0 Å². The predicted octanol–water partition coefficient (Wildman–Crippen LogP) is 2.80. The lowest BCUT2D eigenvalue weighted by molar-refractivity contribution is -0.138. The minimum absolute atomic E-state index is 0.487. The Morgan fingerprint density at radius 2 is 2.00 bits per heavy atom. The van der Waals surface area contributed by atoms with E-state index in [1.807, 2.05) is 43.3 Å². The normalized spacial score (nSPS) is 12.1. The largest absolute Gasteiger partial charge is 0.481 e. The van der Waals surface area contributed by atoms with E-state index in [0.29, 0.717) is 6.42 Å². The number of nitrogens with zero attached hydrogens (tertiary/aromatic N) is 1. The Balaban J connectivity index is 2.27. The predicted molar refractivity (Wildman–Crippen MR) is 69.5 cm³/mol. The van der Waals surface area contributed by atoms with E-state index in [-0.39, 0.29) is 0 Å². The van der Waals surface area contributed by atoms with Crippen LogP contribution >= 0.6 is 0 Å². The van der Waals surface area contributed by atoms with E-state index in [2.05, 4.69) is 4.98 Å². The SMILES string of the molecule is Cc1cccc(C(Cc2ccncc2)C(=O)O)c1. The third-order valence-electron chi connectivity index (χ3n) is 2.93. The highest BCUT2D eigenvalue weighted by molar-refractivity contribution is 5.76.